The smallest absolute Gasteiger partial charge is 0.255 e. The lowest BCUT2D eigenvalue weighted by Gasteiger charge is -2.24. The number of amides is 3. The Morgan fingerprint density at radius 1 is 1.07 bits per heavy atom. The van der Waals surface area contributed by atoms with E-state index in [9.17, 15) is 14.4 Å². The third-order valence-corrected chi connectivity index (χ3v) is 6.42. The highest BCUT2D eigenvalue weighted by molar-refractivity contribution is 7.18. The van der Waals surface area contributed by atoms with Crippen LogP contribution >= 0.6 is 11.3 Å². The fourth-order valence-corrected chi connectivity index (χ4v) is 4.74. The zero-order valence-corrected chi connectivity index (χ0v) is 16.9. The van der Waals surface area contributed by atoms with Gasteiger partial charge in [0, 0.05) is 11.6 Å². The predicted octanol–water partition coefficient (Wildman–Crippen LogP) is 2.39. The van der Waals surface area contributed by atoms with Crippen molar-refractivity contribution in [2.45, 2.75) is 31.5 Å². The van der Waals surface area contributed by atoms with Gasteiger partial charge in [-0.1, -0.05) is 30.3 Å². The number of hydrogen-bond donors (Lipinski definition) is 2. The molecule has 0 radical (unpaired) electrons. The second-order valence-electron chi connectivity index (χ2n) is 7.50. The van der Waals surface area contributed by atoms with E-state index in [1.807, 2.05) is 36.4 Å². The third kappa shape index (κ3) is 3.43. The van der Waals surface area contributed by atoms with Gasteiger partial charge in [-0.15, -0.1) is 11.3 Å². The molecule has 5 rings (SSSR count). The molecule has 2 heterocycles. The highest BCUT2D eigenvalue weighted by Gasteiger charge is 2.47. The van der Waals surface area contributed by atoms with Crippen LogP contribution in [0.3, 0.4) is 0 Å². The van der Waals surface area contributed by atoms with Crippen molar-refractivity contribution in [2.75, 3.05) is 6.54 Å². The minimum atomic E-state index is -0.668. The molecule has 30 heavy (non-hydrogen) atoms. The number of para-hydroxylation sites is 1. The van der Waals surface area contributed by atoms with Crippen molar-refractivity contribution < 1.29 is 14.4 Å². The minimum Gasteiger partial charge on any atom is -0.348 e. The van der Waals surface area contributed by atoms with E-state index in [2.05, 4.69) is 15.6 Å². The largest absolute Gasteiger partial charge is 0.348 e. The molecule has 1 saturated carbocycles. The maximum atomic E-state index is 12.9. The molecule has 7 nitrogen and oxygen atoms in total. The van der Waals surface area contributed by atoms with Gasteiger partial charge in [-0.2, -0.15) is 0 Å². The average molecular weight is 420 g/mol. The molecule has 2 aliphatic rings. The molecular formula is C22H20N4O3S. The van der Waals surface area contributed by atoms with Gasteiger partial charge in [0.1, 0.15) is 11.0 Å². The summed E-state index contributed by atoms with van der Waals surface area (Å²) in [6.07, 6.45) is 1.82. The van der Waals surface area contributed by atoms with Crippen LogP contribution in [0.25, 0.3) is 10.2 Å². The predicted molar refractivity (Wildman–Crippen MR) is 113 cm³/mol. The topological polar surface area (TPSA) is 91.4 Å². The van der Waals surface area contributed by atoms with Gasteiger partial charge < -0.3 is 15.5 Å². The first kappa shape index (κ1) is 18.7. The fraction of sp³-hybridized carbons (Fsp3) is 0.273. The summed E-state index contributed by atoms with van der Waals surface area (Å²) in [4.78, 5) is 44.0. The Morgan fingerprint density at radius 2 is 1.83 bits per heavy atom. The van der Waals surface area contributed by atoms with E-state index in [0.717, 1.165) is 28.1 Å². The molecule has 8 heteroatoms. The monoisotopic (exact) mass is 420 g/mol. The number of carbonyl (C=O) groups is 3. The molecule has 1 fully saturated rings. The molecule has 3 amide bonds. The van der Waals surface area contributed by atoms with Gasteiger partial charge >= 0.3 is 0 Å². The zero-order valence-electron chi connectivity index (χ0n) is 16.1. The summed E-state index contributed by atoms with van der Waals surface area (Å²) in [6, 6.07) is 14.4. The van der Waals surface area contributed by atoms with Gasteiger partial charge in [0.15, 0.2) is 0 Å². The van der Waals surface area contributed by atoms with Crippen LogP contribution in [0.15, 0.2) is 48.5 Å². The number of nitrogens with zero attached hydrogens (tertiary/aromatic N) is 2. The molecule has 1 unspecified atom stereocenters. The molecule has 1 aromatic heterocycles. The first-order chi connectivity index (χ1) is 14.6. The average Bonchev–Trinajstić information content (AvgIpc) is 3.44. The quantitative estimate of drug-likeness (QED) is 0.641. The van der Waals surface area contributed by atoms with E-state index in [1.54, 1.807) is 17.0 Å². The molecule has 2 aromatic carbocycles. The molecule has 152 valence electrons. The Balaban J connectivity index is 1.21. The molecule has 3 aromatic rings. The molecular weight excluding hydrogens is 400 g/mol. The van der Waals surface area contributed by atoms with Gasteiger partial charge in [-0.3, -0.25) is 14.4 Å². The van der Waals surface area contributed by atoms with Crippen LogP contribution in [0.1, 0.15) is 39.8 Å². The van der Waals surface area contributed by atoms with E-state index in [-0.39, 0.29) is 30.3 Å². The lowest BCUT2D eigenvalue weighted by molar-refractivity contribution is -0.129. The SMILES string of the molecule is O=C(CNC(=O)C1c2ccccc2C(=O)N1C1CC1)NCc1nc2ccccc2s1. The van der Waals surface area contributed by atoms with Crippen molar-refractivity contribution in [3.63, 3.8) is 0 Å². The molecule has 0 spiro atoms. The molecule has 1 aliphatic carbocycles. The summed E-state index contributed by atoms with van der Waals surface area (Å²) in [5, 5.41) is 6.30. The fourth-order valence-electron chi connectivity index (χ4n) is 3.83. The zero-order chi connectivity index (χ0) is 20.7. The number of benzene rings is 2. The number of rotatable bonds is 6. The summed E-state index contributed by atoms with van der Waals surface area (Å²) < 4.78 is 1.07. The Kier molecular flexibility index (Phi) is 4.71. The summed E-state index contributed by atoms with van der Waals surface area (Å²) in [7, 11) is 0. The van der Waals surface area contributed by atoms with Crippen LogP contribution in [0, 0.1) is 0 Å². The van der Waals surface area contributed by atoms with Gasteiger partial charge in [0.05, 0.1) is 23.3 Å². The molecule has 1 atom stereocenters. The molecule has 2 N–H and O–H groups in total. The number of fused-ring (bicyclic) bond motifs is 2. The van der Waals surface area contributed by atoms with Crippen LogP contribution in [0.2, 0.25) is 0 Å². The summed E-state index contributed by atoms with van der Waals surface area (Å²) in [6.45, 7) is 0.169. The van der Waals surface area contributed by atoms with Gasteiger partial charge in [0.2, 0.25) is 11.8 Å². The minimum absolute atomic E-state index is 0.103. The number of aromatic nitrogens is 1. The number of hydrogen-bond acceptors (Lipinski definition) is 5. The van der Waals surface area contributed by atoms with E-state index >= 15 is 0 Å². The first-order valence-corrected chi connectivity index (χ1v) is 10.7. The second-order valence-corrected chi connectivity index (χ2v) is 8.62. The summed E-state index contributed by atoms with van der Waals surface area (Å²) in [5.74, 6) is -0.720. The Morgan fingerprint density at radius 3 is 2.63 bits per heavy atom. The van der Waals surface area contributed by atoms with Gasteiger partial charge in [0.25, 0.3) is 5.91 Å². The van der Waals surface area contributed by atoms with E-state index in [0.29, 0.717) is 17.7 Å². The van der Waals surface area contributed by atoms with Gasteiger partial charge in [-0.25, -0.2) is 4.98 Å². The lowest BCUT2D eigenvalue weighted by Crippen LogP contribution is -2.43. The van der Waals surface area contributed by atoms with Crippen molar-refractivity contribution in [3.05, 3.63) is 64.7 Å². The van der Waals surface area contributed by atoms with Crippen molar-refractivity contribution in [3.8, 4) is 0 Å². The van der Waals surface area contributed by atoms with Crippen LogP contribution in [0.4, 0.5) is 0 Å². The maximum absolute atomic E-state index is 12.9. The number of nitrogens with one attached hydrogen (secondary N) is 2. The van der Waals surface area contributed by atoms with Gasteiger partial charge in [-0.05, 0) is 36.6 Å². The van der Waals surface area contributed by atoms with Crippen LogP contribution < -0.4 is 10.6 Å². The van der Waals surface area contributed by atoms with E-state index < -0.39 is 6.04 Å². The van der Waals surface area contributed by atoms with Crippen molar-refractivity contribution >= 4 is 39.3 Å². The lowest BCUT2D eigenvalue weighted by atomic mass is 10.0. The van der Waals surface area contributed by atoms with Crippen molar-refractivity contribution in [1.82, 2.24) is 20.5 Å². The highest BCUT2D eigenvalue weighted by atomic mass is 32.1. The second kappa shape index (κ2) is 7.53. The van der Waals surface area contributed by atoms with Crippen molar-refractivity contribution in [2.24, 2.45) is 0 Å². The Hall–Kier alpha value is -3.26. The third-order valence-electron chi connectivity index (χ3n) is 5.39. The Bertz CT molecular complexity index is 1120. The highest BCUT2D eigenvalue weighted by Crippen LogP contribution is 2.41. The molecule has 1 aliphatic heterocycles. The standard InChI is InChI=1S/C22H20N4O3S/c27-18(23-12-19-25-16-7-3-4-8-17(16)30-19)11-24-21(28)20-14-5-1-2-6-15(14)22(29)26(20)13-9-10-13/h1-8,13,20H,9-12H2,(H,23,27)(H,24,28). The van der Waals surface area contributed by atoms with Crippen molar-refractivity contribution in [1.29, 1.82) is 0 Å². The Labute approximate surface area is 177 Å². The summed E-state index contributed by atoms with van der Waals surface area (Å²) >= 11 is 1.53. The molecule has 0 bridgehead atoms. The summed E-state index contributed by atoms with van der Waals surface area (Å²) in [5.41, 5.74) is 2.19. The van der Waals surface area contributed by atoms with Crippen LogP contribution in [-0.4, -0.2) is 40.2 Å². The van der Waals surface area contributed by atoms with E-state index in [1.165, 1.54) is 11.3 Å². The van der Waals surface area contributed by atoms with Crippen LogP contribution in [-0.2, 0) is 16.1 Å². The van der Waals surface area contributed by atoms with E-state index in [4.69, 9.17) is 0 Å². The van der Waals surface area contributed by atoms with Crippen LogP contribution in [0.5, 0.6) is 0 Å². The maximum Gasteiger partial charge on any atom is 0.255 e. The number of thiazole rings is 1. The molecule has 0 saturated heterocycles. The first-order valence-electron chi connectivity index (χ1n) is 9.92. The number of carbonyl (C=O) groups excluding carboxylic acids is 3. The normalized spacial score (nSPS) is 17.8.